The van der Waals surface area contributed by atoms with E-state index in [1.807, 2.05) is 47.0 Å². The molecule has 2 aromatic heterocycles. The topological polar surface area (TPSA) is 103 Å². The zero-order valence-electron chi connectivity index (χ0n) is 16.7. The molecule has 0 bridgehead atoms. The third-order valence-corrected chi connectivity index (χ3v) is 6.52. The molecule has 162 valence electrons. The molecule has 0 aliphatic carbocycles. The summed E-state index contributed by atoms with van der Waals surface area (Å²) in [5, 5.41) is 14.8. The molecule has 4 rings (SSSR count). The predicted molar refractivity (Wildman–Crippen MR) is 128 cm³/mol. The Morgan fingerprint density at radius 1 is 1.06 bits per heavy atom. The number of carbonyl (C=O) groups excluding carboxylic acids is 2. The van der Waals surface area contributed by atoms with Crippen molar-refractivity contribution < 1.29 is 9.59 Å². The van der Waals surface area contributed by atoms with Crippen LogP contribution in [0.15, 0.2) is 71.2 Å². The molecule has 0 saturated carbocycles. The Morgan fingerprint density at radius 2 is 1.81 bits per heavy atom. The molecule has 4 aromatic rings. The highest BCUT2D eigenvalue weighted by molar-refractivity contribution is 7.99. The molecule has 2 heterocycles. The van der Waals surface area contributed by atoms with Crippen molar-refractivity contribution in [2.24, 2.45) is 5.73 Å². The van der Waals surface area contributed by atoms with Crippen LogP contribution in [0.2, 0.25) is 5.02 Å². The first-order chi connectivity index (χ1) is 15.5. The molecular formula is C22H18ClN5O2S2. The number of benzene rings is 2. The van der Waals surface area contributed by atoms with Gasteiger partial charge in [-0.05, 0) is 41.3 Å². The third kappa shape index (κ3) is 5.18. The number of thioether (sulfide) groups is 1. The number of primary amides is 1. The maximum atomic E-state index is 12.5. The lowest BCUT2D eigenvalue weighted by atomic mass is 10.1. The molecule has 10 heteroatoms. The van der Waals surface area contributed by atoms with Crippen molar-refractivity contribution in [3.63, 3.8) is 0 Å². The molecule has 0 aliphatic rings. The van der Waals surface area contributed by atoms with Gasteiger partial charge in [-0.25, -0.2) is 0 Å². The molecule has 0 atom stereocenters. The van der Waals surface area contributed by atoms with E-state index >= 15 is 0 Å². The second-order valence-corrected chi connectivity index (χ2v) is 9.03. The van der Waals surface area contributed by atoms with E-state index in [-0.39, 0.29) is 11.7 Å². The van der Waals surface area contributed by atoms with Gasteiger partial charge < -0.3 is 11.1 Å². The summed E-state index contributed by atoms with van der Waals surface area (Å²) in [5.41, 5.74) is 7.58. The van der Waals surface area contributed by atoms with E-state index in [2.05, 4.69) is 15.5 Å². The minimum absolute atomic E-state index is 0.0904. The minimum Gasteiger partial charge on any atom is -0.366 e. The van der Waals surface area contributed by atoms with Crippen LogP contribution < -0.4 is 11.1 Å². The first kappa shape index (κ1) is 22.1. The lowest BCUT2D eigenvalue weighted by Crippen LogP contribution is -2.18. The monoisotopic (exact) mass is 483 g/mol. The minimum atomic E-state index is -0.581. The Morgan fingerprint density at radius 3 is 2.53 bits per heavy atom. The highest BCUT2D eigenvalue weighted by Crippen LogP contribution is 2.26. The van der Waals surface area contributed by atoms with Gasteiger partial charge in [-0.2, -0.15) is 0 Å². The molecule has 7 nitrogen and oxygen atoms in total. The Hall–Kier alpha value is -3.14. The van der Waals surface area contributed by atoms with Crippen molar-refractivity contribution in [2.75, 3.05) is 11.1 Å². The highest BCUT2D eigenvalue weighted by atomic mass is 35.5. The summed E-state index contributed by atoms with van der Waals surface area (Å²) in [6.45, 7) is 0. The van der Waals surface area contributed by atoms with E-state index in [9.17, 15) is 9.59 Å². The number of nitrogens with two attached hydrogens (primary N) is 1. The summed E-state index contributed by atoms with van der Waals surface area (Å²) in [6, 6.07) is 18.9. The number of nitrogens with zero attached hydrogens (tertiary/aromatic N) is 3. The van der Waals surface area contributed by atoms with Crippen LogP contribution in [-0.4, -0.2) is 32.3 Å². The van der Waals surface area contributed by atoms with E-state index < -0.39 is 5.91 Å². The maximum absolute atomic E-state index is 12.5. The fourth-order valence-electron chi connectivity index (χ4n) is 3.03. The second kappa shape index (κ2) is 9.99. The number of carbonyl (C=O) groups is 2. The van der Waals surface area contributed by atoms with Crippen LogP contribution in [0.1, 0.15) is 21.7 Å². The number of thiophene rings is 1. The quantitative estimate of drug-likeness (QED) is 0.361. The van der Waals surface area contributed by atoms with Gasteiger partial charge in [0, 0.05) is 17.1 Å². The predicted octanol–water partition coefficient (Wildman–Crippen LogP) is 4.40. The van der Waals surface area contributed by atoms with Crippen LogP contribution in [0.3, 0.4) is 0 Å². The lowest BCUT2D eigenvalue weighted by molar-refractivity contribution is -0.113. The normalized spacial score (nSPS) is 10.8. The van der Waals surface area contributed by atoms with E-state index in [1.54, 1.807) is 23.6 Å². The Balaban J connectivity index is 1.55. The molecule has 2 aromatic carbocycles. The lowest BCUT2D eigenvalue weighted by Gasteiger charge is -2.11. The van der Waals surface area contributed by atoms with Gasteiger partial charge in [0.15, 0.2) is 5.16 Å². The zero-order valence-corrected chi connectivity index (χ0v) is 19.1. The van der Waals surface area contributed by atoms with Gasteiger partial charge in [0.05, 0.1) is 11.3 Å². The van der Waals surface area contributed by atoms with E-state index in [1.165, 1.54) is 23.1 Å². The van der Waals surface area contributed by atoms with Gasteiger partial charge in [-0.3, -0.25) is 14.2 Å². The number of amides is 2. The van der Waals surface area contributed by atoms with Crippen LogP contribution in [-0.2, 0) is 11.2 Å². The summed E-state index contributed by atoms with van der Waals surface area (Å²) < 4.78 is 1.92. The van der Waals surface area contributed by atoms with Crippen LogP contribution in [0.4, 0.5) is 5.00 Å². The summed E-state index contributed by atoms with van der Waals surface area (Å²) in [6.07, 6.45) is 0.584. The fourth-order valence-corrected chi connectivity index (χ4v) is 4.73. The van der Waals surface area contributed by atoms with Gasteiger partial charge in [0.1, 0.15) is 10.8 Å². The van der Waals surface area contributed by atoms with Crippen molar-refractivity contribution in [3.8, 4) is 5.69 Å². The highest BCUT2D eigenvalue weighted by Gasteiger charge is 2.18. The average molecular weight is 484 g/mol. The molecule has 32 heavy (non-hydrogen) atoms. The summed E-state index contributed by atoms with van der Waals surface area (Å²) in [7, 11) is 0. The van der Waals surface area contributed by atoms with Crippen molar-refractivity contribution in [2.45, 2.75) is 11.6 Å². The summed E-state index contributed by atoms with van der Waals surface area (Å²) >= 11 is 8.56. The van der Waals surface area contributed by atoms with E-state index in [0.717, 1.165) is 17.1 Å². The Kier molecular flexibility index (Phi) is 6.89. The van der Waals surface area contributed by atoms with Crippen molar-refractivity contribution in [1.29, 1.82) is 0 Å². The molecule has 3 N–H and O–H groups in total. The van der Waals surface area contributed by atoms with Gasteiger partial charge in [-0.1, -0.05) is 53.7 Å². The van der Waals surface area contributed by atoms with E-state index in [4.69, 9.17) is 17.3 Å². The number of hydrogen-bond donors (Lipinski definition) is 2. The van der Waals surface area contributed by atoms with Gasteiger partial charge in [-0.15, -0.1) is 21.5 Å². The van der Waals surface area contributed by atoms with Crippen LogP contribution in [0.25, 0.3) is 5.69 Å². The number of halogens is 1. The van der Waals surface area contributed by atoms with Crippen LogP contribution >= 0.6 is 34.7 Å². The average Bonchev–Trinajstić information content (AvgIpc) is 3.41. The van der Waals surface area contributed by atoms with E-state index in [0.29, 0.717) is 27.2 Å². The number of rotatable bonds is 8. The SMILES string of the molecule is NC(=O)c1ccsc1NC(=O)CSc1nnc(Cc2ccccc2)n1-c1ccc(Cl)cc1. The standard InChI is InChI=1S/C22H18ClN5O2S2/c23-15-6-8-16(9-7-15)28-18(12-14-4-2-1-3-5-14)26-27-22(28)32-13-19(29)25-21-17(20(24)30)10-11-31-21/h1-11H,12-13H2,(H2,24,30)(H,25,29). The first-order valence-electron chi connectivity index (χ1n) is 9.55. The second-order valence-electron chi connectivity index (χ2n) is 6.74. The zero-order chi connectivity index (χ0) is 22.5. The van der Waals surface area contributed by atoms with Crippen molar-refractivity contribution >= 4 is 51.5 Å². The van der Waals surface area contributed by atoms with Gasteiger partial charge >= 0.3 is 0 Å². The fraction of sp³-hybridized carbons (Fsp3) is 0.0909. The number of hydrogen-bond acceptors (Lipinski definition) is 6. The summed E-state index contributed by atoms with van der Waals surface area (Å²) in [5.74, 6) is -0.0131. The third-order valence-electron chi connectivity index (χ3n) is 4.51. The number of aromatic nitrogens is 3. The van der Waals surface area contributed by atoms with Crippen LogP contribution in [0.5, 0.6) is 0 Å². The molecule has 0 aliphatic heterocycles. The summed E-state index contributed by atoms with van der Waals surface area (Å²) in [4.78, 5) is 24.0. The molecule has 0 unspecified atom stereocenters. The largest absolute Gasteiger partial charge is 0.366 e. The van der Waals surface area contributed by atoms with Crippen molar-refractivity contribution in [1.82, 2.24) is 14.8 Å². The molecule has 0 saturated heterocycles. The molecule has 0 spiro atoms. The number of nitrogens with one attached hydrogen (secondary N) is 1. The first-order valence-corrected chi connectivity index (χ1v) is 11.8. The molecular weight excluding hydrogens is 466 g/mol. The maximum Gasteiger partial charge on any atom is 0.251 e. The van der Waals surface area contributed by atoms with Crippen LogP contribution in [0, 0.1) is 0 Å². The molecule has 2 amide bonds. The van der Waals surface area contributed by atoms with Gasteiger partial charge in [0.2, 0.25) is 5.91 Å². The van der Waals surface area contributed by atoms with Gasteiger partial charge in [0.25, 0.3) is 5.91 Å². The Bertz CT molecular complexity index is 1240. The number of anilines is 1. The molecule has 0 fully saturated rings. The van der Waals surface area contributed by atoms with Crippen molar-refractivity contribution in [3.05, 3.63) is 88.0 Å². The smallest absolute Gasteiger partial charge is 0.251 e. The Labute approximate surface area is 197 Å². The molecule has 0 radical (unpaired) electrons.